The summed E-state index contributed by atoms with van der Waals surface area (Å²) in [5, 5.41) is 2.92. The molecular formula is C24H27N3O3. The van der Waals surface area contributed by atoms with E-state index in [9.17, 15) is 14.4 Å². The van der Waals surface area contributed by atoms with Crippen LogP contribution in [0, 0.1) is 0 Å². The van der Waals surface area contributed by atoms with E-state index >= 15 is 0 Å². The van der Waals surface area contributed by atoms with Gasteiger partial charge in [-0.25, -0.2) is 4.79 Å². The second-order valence-electron chi connectivity index (χ2n) is 8.19. The Hall–Kier alpha value is -3.15. The van der Waals surface area contributed by atoms with Gasteiger partial charge in [0.05, 0.1) is 0 Å². The Bertz CT molecular complexity index is 931. The topological polar surface area (TPSA) is 69.7 Å². The highest BCUT2D eigenvalue weighted by molar-refractivity contribution is 6.09. The number of likely N-dealkylation sites (tertiary alicyclic amines) is 1. The van der Waals surface area contributed by atoms with Gasteiger partial charge in [0.15, 0.2) is 5.54 Å². The standard InChI is InChI=1S/C24H27N3O3/c1-18-10-8-9-15-26(18)21(28)17-27-22(29)24(25-23(27)30,20-13-6-3-7-14-20)16-19-11-4-2-5-12-19/h2-7,11-14,18H,8-10,15-17H2,1H3,(H,25,30)/t18-,24-/m0/s1. The number of urea groups is 1. The minimum absolute atomic E-state index is 0.134. The van der Waals surface area contributed by atoms with Crippen LogP contribution in [0.1, 0.15) is 37.3 Å². The van der Waals surface area contributed by atoms with Crippen LogP contribution in [-0.4, -0.2) is 46.8 Å². The van der Waals surface area contributed by atoms with Gasteiger partial charge in [0.1, 0.15) is 6.54 Å². The molecule has 156 valence electrons. The molecule has 4 amide bonds. The molecule has 4 rings (SSSR count). The number of hydrogen-bond donors (Lipinski definition) is 1. The summed E-state index contributed by atoms with van der Waals surface area (Å²) in [4.78, 5) is 42.3. The molecule has 2 heterocycles. The van der Waals surface area contributed by atoms with Crippen molar-refractivity contribution < 1.29 is 14.4 Å². The third-order valence-electron chi connectivity index (χ3n) is 6.17. The van der Waals surface area contributed by atoms with Gasteiger partial charge in [-0.3, -0.25) is 14.5 Å². The third kappa shape index (κ3) is 3.70. The van der Waals surface area contributed by atoms with Crippen LogP contribution in [0.3, 0.4) is 0 Å². The van der Waals surface area contributed by atoms with E-state index in [2.05, 4.69) is 5.32 Å². The van der Waals surface area contributed by atoms with Crippen molar-refractivity contribution in [1.82, 2.24) is 15.1 Å². The van der Waals surface area contributed by atoms with E-state index in [1.54, 1.807) is 4.90 Å². The lowest BCUT2D eigenvalue weighted by Gasteiger charge is -2.34. The average molecular weight is 405 g/mol. The molecule has 2 aromatic carbocycles. The maximum absolute atomic E-state index is 13.6. The summed E-state index contributed by atoms with van der Waals surface area (Å²) in [6.07, 6.45) is 3.33. The van der Waals surface area contributed by atoms with Crippen molar-refractivity contribution in [2.24, 2.45) is 0 Å². The van der Waals surface area contributed by atoms with Crippen LogP contribution in [0.15, 0.2) is 60.7 Å². The van der Waals surface area contributed by atoms with Crippen molar-refractivity contribution in [3.63, 3.8) is 0 Å². The molecule has 0 unspecified atom stereocenters. The Balaban J connectivity index is 1.63. The zero-order valence-electron chi connectivity index (χ0n) is 17.2. The predicted octanol–water partition coefficient (Wildman–Crippen LogP) is 3.08. The Morgan fingerprint density at radius 2 is 1.70 bits per heavy atom. The molecule has 2 saturated heterocycles. The van der Waals surface area contributed by atoms with Crippen molar-refractivity contribution in [3.8, 4) is 0 Å². The predicted molar refractivity (Wildman–Crippen MR) is 114 cm³/mol. The number of nitrogens with zero attached hydrogens (tertiary/aromatic N) is 2. The zero-order chi connectivity index (χ0) is 21.1. The molecule has 0 radical (unpaired) electrons. The SMILES string of the molecule is C[C@H]1CCCCN1C(=O)CN1C(=O)N[C@@](Cc2ccccc2)(c2ccccc2)C1=O. The van der Waals surface area contributed by atoms with Crippen molar-refractivity contribution in [3.05, 3.63) is 71.8 Å². The van der Waals surface area contributed by atoms with E-state index in [-0.39, 0.29) is 24.4 Å². The number of amides is 4. The fourth-order valence-corrected chi connectivity index (χ4v) is 4.51. The summed E-state index contributed by atoms with van der Waals surface area (Å²) in [7, 11) is 0. The maximum Gasteiger partial charge on any atom is 0.325 e. The summed E-state index contributed by atoms with van der Waals surface area (Å²) < 4.78 is 0. The minimum atomic E-state index is -1.21. The number of rotatable bonds is 5. The van der Waals surface area contributed by atoms with Gasteiger partial charge in [0, 0.05) is 19.0 Å². The van der Waals surface area contributed by atoms with Crippen LogP contribution in [0.5, 0.6) is 0 Å². The van der Waals surface area contributed by atoms with Crippen LogP contribution in [-0.2, 0) is 21.5 Å². The van der Waals surface area contributed by atoms with E-state index in [0.29, 0.717) is 18.5 Å². The first kappa shape index (κ1) is 20.1. The Morgan fingerprint density at radius 3 is 2.37 bits per heavy atom. The molecule has 6 heteroatoms. The maximum atomic E-state index is 13.6. The third-order valence-corrected chi connectivity index (χ3v) is 6.17. The molecule has 6 nitrogen and oxygen atoms in total. The number of piperidine rings is 1. The first-order valence-electron chi connectivity index (χ1n) is 10.5. The smallest absolute Gasteiger partial charge is 0.325 e. The lowest BCUT2D eigenvalue weighted by Crippen LogP contribution is -2.49. The number of imide groups is 1. The molecule has 2 aliphatic rings. The van der Waals surface area contributed by atoms with Gasteiger partial charge >= 0.3 is 6.03 Å². The van der Waals surface area contributed by atoms with Crippen LogP contribution >= 0.6 is 0 Å². The fraction of sp³-hybridized carbons (Fsp3) is 0.375. The fourth-order valence-electron chi connectivity index (χ4n) is 4.51. The first-order valence-corrected chi connectivity index (χ1v) is 10.5. The van der Waals surface area contributed by atoms with E-state index in [1.807, 2.05) is 67.6 Å². The molecule has 0 saturated carbocycles. The van der Waals surface area contributed by atoms with Crippen LogP contribution in [0.4, 0.5) is 4.79 Å². The van der Waals surface area contributed by atoms with Gasteiger partial charge in [0.25, 0.3) is 5.91 Å². The van der Waals surface area contributed by atoms with Crippen molar-refractivity contribution >= 4 is 17.8 Å². The molecule has 30 heavy (non-hydrogen) atoms. The minimum Gasteiger partial charge on any atom is -0.338 e. The highest BCUT2D eigenvalue weighted by atomic mass is 16.2. The summed E-state index contributed by atoms with van der Waals surface area (Å²) in [6, 6.07) is 18.5. The second-order valence-corrected chi connectivity index (χ2v) is 8.19. The largest absolute Gasteiger partial charge is 0.338 e. The van der Waals surface area contributed by atoms with Gasteiger partial charge in [-0.1, -0.05) is 60.7 Å². The summed E-state index contributed by atoms with van der Waals surface area (Å²) in [5.41, 5.74) is 0.439. The quantitative estimate of drug-likeness (QED) is 0.778. The van der Waals surface area contributed by atoms with E-state index < -0.39 is 11.6 Å². The van der Waals surface area contributed by atoms with Crippen molar-refractivity contribution in [2.75, 3.05) is 13.1 Å². The average Bonchev–Trinajstić information content (AvgIpc) is 3.00. The summed E-state index contributed by atoms with van der Waals surface area (Å²) in [5.74, 6) is -0.546. The number of nitrogens with one attached hydrogen (secondary N) is 1. The summed E-state index contributed by atoms with van der Waals surface area (Å²) >= 11 is 0. The molecular weight excluding hydrogens is 378 g/mol. The Kier molecular flexibility index (Phi) is 5.57. The van der Waals surface area contributed by atoms with Crippen LogP contribution < -0.4 is 5.32 Å². The zero-order valence-corrected chi connectivity index (χ0v) is 17.2. The van der Waals surface area contributed by atoms with Gasteiger partial charge in [0.2, 0.25) is 5.91 Å². The molecule has 2 aliphatic heterocycles. The highest BCUT2D eigenvalue weighted by Gasteiger charge is 2.53. The number of hydrogen-bond acceptors (Lipinski definition) is 3. The summed E-state index contributed by atoms with van der Waals surface area (Å²) in [6.45, 7) is 2.47. The number of benzene rings is 2. The highest BCUT2D eigenvalue weighted by Crippen LogP contribution is 2.33. The second kappa shape index (κ2) is 8.30. The lowest BCUT2D eigenvalue weighted by molar-refractivity contribution is -0.141. The van der Waals surface area contributed by atoms with Crippen LogP contribution in [0.25, 0.3) is 0 Å². The van der Waals surface area contributed by atoms with Gasteiger partial charge in [-0.05, 0) is 37.3 Å². The molecule has 0 bridgehead atoms. The molecule has 2 atom stereocenters. The normalized spacial score (nSPS) is 24.1. The monoisotopic (exact) mass is 405 g/mol. The van der Waals surface area contributed by atoms with E-state index in [0.717, 1.165) is 29.7 Å². The van der Waals surface area contributed by atoms with Crippen molar-refractivity contribution in [2.45, 2.75) is 44.2 Å². The number of carbonyl (C=O) groups excluding carboxylic acids is 3. The van der Waals surface area contributed by atoms with Crippen molar-refractivity contribution in [1.29, 1.82) is 0 Å². The first-order chi connectivity index (χ1) is 14.5. The molecule has 2 aromatic rings. The Labute approximate surface area is 176 Å². The number of carbonyl (C=O) groups is 3. The van der Waals surface area contributed by atoms with Gasteiger partial charge in [-0.15, -0.1) is 0 Å². The lowest BCUT2D eigenvalue weighted by atomic mass is 9.83. The molecule has 1 N–H and O–H groups in total. The molecule has 0 aliphatic carbocycles. The van der Waals surface area contributed by atoms with E-state index in [4.69, 9.17) is 0 Å². The van der Waals surface area contributed by atoms with Gasteiger partial charge in [-0.2, -0.15) is 0 Å². The molecule has 2 fully saturated rings. The molecule has 0 aromatic heterocycles. The molecule has 0 spiro atoms. The van der Waals surface area contributed by atoms with Gasteiger partial charge < -0.3 is 10.2 Å². The Morgan fingerprint density at radius 1 is 1.03 bits per heavy atom. The van der Waals surface area contributed by atoms with Crippen LogP contribution in [0.2, 0.25) is 0 Å². The van der Waals surface area contributed by atoms with E-state index in [1.165, 1.54) is 0 Å².